The highest BCUT2D eigenvalue weighted by Crippen LogP contribution is 2.44. The average molecular weight is 378 g/mol. The highest BCUT2D eigenvalue weighted by atomic mass is 31.2. The Balaban J connectivity index is 2.08. The predicted octanol–water partition coefficient (Wildman–Crippen LogP) is -2.85. The van der Waals surface area contributed by atoms with E-state index in [1.807, 2.05) is 0 Å². The predicted molar refractivity (Wildman–Crippen MR) is 79.5 cm³/mol. The van der Waals surface area contributed by atoms with Crippen LogP contribution in [0.4, 0.5) is 0 Å². The van der Waals surface area contributed by atoms with Crippen molar-refractivity contribution in [2.45, 2.75) is 24.5 Å². The Labute approximate surface area is 138 Å². The van der Waals surface area contributed by atoms with Crippen LogP contribution in [0.25, 0.3) is 11.2 Å². The topological polar surface area (TPSA) is 189 Å². The Morgan fingerprint density at radius 1 is 1.44 bits per heavy atom. The number of nitrogens with one attached hydrogen (secondary N) is 1. The monoisotopic (exact) mass is 378 g/mol. The lowest BCUT2D eigenvalue weighted by Crippen LogP contribution is -2.35. The molecule has 25 heavy (non-hydrogen) atoms. The van der Waals surface area contributed by atoms with E-state index in [1.54, 1.807) is 0 Å². The van der Waals surface area contributed by atoms with Gasteiger partial charge in [0, 0.05) is 7.05 Å². The second-order valence-corrected chi connectivity index (χ2v) is 6.63. The van der Waals surface area contributed by atoms with Gasteiger partial charge in [0.25, 0.3) is 5.56 Å². The fraction of sp³-hybridized carbons (Fsp3) is 0.545. The van der Waals surface area contributed by atoms with E-state index in [0.717, 1.165) is 15.5 Å². The number of ether oxygens (including phenoxy) is 1. The van der Waals surface area contributed by atoms with E-state index in [-0.39, 0.29) is 11.2 Å². The van der Waals surface area contributed by atoms with Crippen LogP contribution >= 0.6 is 7.82 Å². The molecule has 4 atom stereocenters. The van der Waals surface area contributed by atoms with Gasteiger partial charge in [0.1, 0.15) is 18.3 Å². The molecular weight excluding hydrogens is 363 g/mol. The van der Waals surface area contributed by atoms with Crippen molar-refractivity contribution in [3.05, 3.63) is 27.2 Å². The van der Waals surface area contributed by atoms with Crippen molar-refractivity contribution in [3.63, 3.8) is 0 Å². The summed E-state index contributed by atoms with van der Waals surface area (Å²) >= 11 is 0. The first kappa shape index (κ1) is 17.9. The van der Waals surface area contributed by atoms with Crippen LogP contribution in [-0.2, 0) is 20.9 Å². The van der Waals surface area contributed by atoms with Gasteiger partial charge in [-0.05, 0) is 0 Å². The summed E-state index contributed by atoms with van der Waals surface area (Å²) in [6.45, 7) is -0.690. The number of aliphatic hydroxyl groups excluding tert-OH is 2. The third-order valence-corrected chi connectivity index (χ3v) is 4.37. The fourth-order valence-electron chi connectivity index (χ4n) is 2.75. The number of aliphatic hydroxyl groups is 2. The maximum Gasteiger partial charge on any atom is 0.470 e. The summed E-state index contributed by atoms with van der Waals surface area (Å²) in [7, 11) is -3.61. The highest BCUT2D eigenvalue weighted by molar-refractivity contribution is 7.46. The minimum absolute atomic E-state index is 0.0197. The van der Waals surface area contributed by atoms with Gasteiger partial charge in [0.15, 0.2) is 17.4 Å². The normalized spacial score (nSPS) is 27.2. The number of fused-ring (bicyclic) bond motifs is 1. The number of phosphoric acid groups is 1. The van der Waals surface area contributed by atoms with Crippen molar-refractivity contribution in [2.75, 3.05) is 6.61 Å². The molecule has 0 radical (unpaired) electrons. The Kier molecular flexibility index (Phi) is 4.41. The molecule has 0 aliphatic carbocycles. The van der Waals surface area contributed by atoms with Gasteiger partial charge in [-0.3, -0.25) is 23.4 Å². The zero-order valence-corrected chi connectivity index (χ0v) is 13.6. The largest absolute Gasteiger partial charge is 0.470 e. The number of rotatable bonds is 4. The van der Waals surface area contributed by atoms with Crippen LogP contribution < -0.4 is 11.2 Å². The Hall–Kier alpha value is -1.86. The van der Waals surface area contributed by atoms with Crippen molar-refractivity contribution >= 4 is 19.0 Å². The van der Waals surface area contributed by atoms with Crippen molar-refractivity contribution in [2.24, 2.45) is 7.05 Å². The van der Waals surface area contributed by atoms with Crippen molar-refractivity contribution in [1.82, 2.24) is 19.1 Å². The smallest absolute Gasteiger partial charge is 0.394 e. The standard InChI is InChI=1S/C11H15N4O9P/c1-14-9-5(8(18)13-11(14)19)12-3-15(9)10-6(17)7(4(2-16)23-10)24-25(20,21)22/h3-4,6-7,10,16-17H,2H2,1H3,(H,13,18,19)(H2,20,21,22)/t4-,6-,7-,10-/m1/s1. The Bertz CT molecular complexity index is 959. The molecule has 2 aromatic heterocycles. The Morgan fingerprint density at radius 3 is 2.72 bits per heavy atom. The zero-order valence-electron chi connectivity index (χ0n) is 12.7. The van der Waals surface area contributed by atoms with Crippen molar-refractivity contribution in [3.8, 4) is 0 Å². The second kappa shape index (κ2) is 6.14. The van der Waals surface area contributed by atoms with Gasteiger partial charge >= 0.3 is 13.5 Å². The lowest BCUT2D eigenvalue weighted by atomic mass is 10.1. The van der Waals surface area contributed by atoms with Crippen LogP contribution in [0.3, 0.4) is 0 Å². The minimum atomic E-state index is -4.97. The van der Waals surface area contributed by atoms with Gasteiger partial charge in [0.05, 0.1) is 12.9 Å². The quantitative estimate of drug-likeness (QED) is 0.346. The lowest BCUT2D eigenvalue weighted by molar-refractivity contribution is -0.0511. The molecule has 0 unspecified atom stereocenters. The molecule has 2 aromatic rings. The number of aryl methyl sites for hydroxylation is 1. The fourth-order valence-corrected chi connectivity index (χ4v) is 3.33. The summed E-state index contributed by atoms with van der Waals surface area (Å²) in [5, 5.41) is 19.7. The number of phosphoric ester groups is 1. The minimum Gasteiger partial charge on any atom is -0.394 e. The molecule has 1 aliphatic rings. The number of aromatic amines is 1. The van der Waals surface area contributed by atoms with E-state index in [4.69, 9.17) is 14.5 Å². The first-order valence-electron chi connectivity index (χ1n) is 6.98. The summed E-state index contributed by atoms with van der Waals surface area (Å²) in [6, 6.07) is 0. The number of imidazole rings is 1. The summed E-state index contributed by atoms with van der Waals surface area (Å²) < 4.78 is 23.2. The highest BCUT2D eigenvalue weighted by Gasteiger charge is 2.48. The van der Waals surface area contributed by atoms with E-state index in [2.05, 4.69) is 14.5 Å². The molecule has 1 fully saturated rings. The first-order chi connectivity index (χ1) is 11.6. The number of H-pyrrole nitrogens is 1. The van der Waals surface area contributed by atoms with Gasteiger partial charge in [-0.25, -0.2) is 14.3 Å². The first-order valence-corrected chi connectivity index (χ1v) is 8.51. The molecule has 0 amide bonds. The molecular formula is C11H15N4O9P. The maximum absolute atomic E-state index is 11.8. The molecule has 1 aliphatic heterocycles. The van der Waals surface area contributed by atoms with Crippen molar-refractivity contribution in [1.29, 1.82) is 0 Å². The maximum atomic E-state index is 11.8. The van der Waals surface area contributed by atoms with Crippen LogP contribution in [-0.4, -0.2) is 64.0 Å². The van der Waals surface area contributed by atoms with Crippen LogP contribution in [0.2, 0.25) is 0 Å². The van der Waals surface area contributed by atoms with Gasteiger partial charge in [-0.15, -0.1) is 0 Å². The number of aromatic nitrogens is 4. The molecule has 5 N–H and O–H groups in total. The van der Waals surface area contributed by atoms with Crippen LogP contribution in [0, 0.1) is 0 Å². The molecule has 3 heterocycles. The van der Waals surface area contributed by atoms with Crippen molar-refractivity contribution < 1.29 is 33.8 Å². The third kappa shape index (κ3) is 3.06. The summed E-state index contributed by atoms with van der Waals surface area (Å²) in [5.41, 5.74) is -1.55. The van der Waals surface area contributed by atoms with Crippen LogP contribution in [0.5, 0.6) is 0 Å². The van der Waals surface area contributed by atoms with Crippen LogP contribution in [0.15, 0.2) is 15.9 Å². The van der Waals surface area contributed by atoms with Gasteiger partial charge < -0.3 is 24.7 Å². The molecule has 0 spiro atoms. The van der Waals surface area contributed by atoms with Gasteiger partial charge in [-0.1, -0.05) is 0 Å². The number of hydrogen-bond acceptors (Lipinski definition) is 8. The lowest BCUT2D eigenvalue weighted by Gasteiger charge is -2.20. The second-order valence-electron chi connectivity index (χ2n) is 5.44. The SMILES string of the molecule is Cn1c(=O)[nH]c(=O)c2ncn([C@@H]3O[C@H](CO)[C@@H](OP(=O)(O)O)[C@H]3O)c21. The molecule has 14 heteroatoms. The number of hydrogen-bond donors (Lipinski definition) is 5. The van der Waals surface area contributed by atoms with Gasteiger partial charge in [0.2, 0.25) is 0 Å². The van der Waals surface area contributed by atoms with E-state index in [0.29, 0.717) is 0 Å². The molecule has 1 saturated heterocycles. The van der Waals surface area contributed by atoms with E-state index < -0.39 is 50.2 Å². The summed E-state index contributed by atoms with van der Waals surface area (Å²) in [6.07, 6.45) is -4.57. The molecule has 138 valence electrons. The Morgan fingerprint density at radius 2 is 2.12 bits per heavy atom. The molecule has 0 aromatic carbocycles. The molecule has 0 saturated carbocycles. The van der Waals surface area contributed by atoms with Gasteiger partial charge in [-0.2, -0.15) is 0 Å². The number of nitrogens with zero attached hydrogens (tertiary/aromatic N) is 3. The summed E-state index contributed by atoms with van der Waals surface area (Å²) in [4.78, 5) is 47.4. The zero-order chi connectivity index (χ0) is 18.5. The third-order valence-electron chi connectivity index (χ3n) is 3.85. The molecule has 0 bridgehead atoms. The summed E-state index contributed by atoms with van der Waals surface area (Å²) in [5.74, 6) is 0. The van der Waals surface area contributed by atoms with E-state index in [9.17, 15) is 24.4 Å². The molecule has 13 nitrogen and oxygen atoms in total. The average Bonchev–Trinajstić information content (AvgIpc) is 3.07. The van der Waals surface area contributed by atoms with Crippen LogP contribution in [0.1, 0.15) is 6.23 Å². The van der Waals surface area contributed by atoms with E-state index in [1.165, 1.54) is 7.05 Å². The molecule has 3 rings (SSSR count). The van der Waals surface area contributed by atoms with E-state index >= 15 is 0 Å².